The van der Waals surface area contributed by atoms with Gasteiger partial charge in [0.2, 0.25) is 5.91 Å². The molecule has 0 saturated carbocycles. The molecular weight excluding hydrogens is 236 g/mol. The van der Waals surface area contributed by atoms with Gasteiger partial charge in [-0.2, -0.15) is 0 Å². The van der Waals surface area contributed by atoms with Gasteiger partial charge >= 0.3 is 0 Å². The number of rotatable bonds is 6. The highest BCUT2D eigenvalue weighted by molar-refractivity contribution is 5.81. The van der Waals surface area contributed by atoms with Crippen molar-refractivity contribution in [3.63, 3.8) is 0 Å². The van der Waals surface area contributed by atoms with Gasteiger partial charge in [-0.15, -0.1) is 0 Å². The van der Waals surface area contributed by atoms with Gasteiger partial charge in [0.1, 0.15) is 0 Å². The Morgan fingerprint density at radius 1 is 1.21 bits per heavy atom. The molecule has 1 aromatic rings. The van der Waals surface area contributed by atoms with Crippen LogP contribution >= 0.6 is 0 Å². The molecule has 0 fully saturated rings. The number of hydrogen-bond donors (Lipinski definition) is 1. The number of carbonyl (C=O) groups excluding carboxylic acids is 1. The van der Waals surface area contributed by atoms with E-state index in [0.717, 1.165) is 13.1 Å². The molecule has 1 rings (SSSR count). The van der Waals surface area contributed by atoms with E-state index in [-0.39, 0.29) is 11.9 Å². The molecule has 0 aliphatic carbocycles. The summed E-state index contributed by atoms with van der Waals surface area (Å²) in [6.45, 7) is 9.74. The first-order valence-corrected chi connectivity index (χ1v) is 7.02. The molecule has 0 bridgehead atoms. The fourth-order valence-electron chi connectivity index (χ4n) is 1.87. The van der Waals surface area contributed by atoms with E-state index in [1.165, 1.54) is 11.1 Å². The quantitative estimate of drug-likeness (QED) is 0.855. The number of likely N-dealkylation sites (N-methyl/N-ethyl adjacent to an activating group) is 1. The minimum absolute atomic E-state index is 0.140. The molecule has 1 amide bonds. The molecule has 0 aromatic heterocycles. The van der Waals surface area contributed by atoms with Crippen molar-refractivity contribution < 1.29 is 4.79 Å². The molecule has 0 radical (unpaired) electrons. The van der Waals surface area contributed by atoms with Crippen molar-refractivity contribution in [3.05, 3.63) is 35.4 Å². The highest BCUT2D eigenvalue weighted by Gasteiger charge is 2.15. The third kappa shape index (κ3) is 4.67. The summed E-state index contributed by atoms with van der Waals surface area (Å²) in [5.41, 5.74) is 2.56. The molecule has 106 valence electrons. The summed E-state index contributed by atoms with van der Waals surface area (Å²) in [6, 6.07) is 8.43. The van der Waals surface area contributed by atoms with Crippen LogP contribution in [0, 0.1) is 0 Å². The normalized spacial score (nSPS) is 12.5. The van der Waals surface area contributed by atoms with Crippen LogP contribution in [0.3, 0.4) is 0 Å². The highest BCUT2D eigenvalue weighted by atomic mass is 16.2. The van der Waals surface area contributed by atoms with Gasteiger partial charge in [0.15, 0.2) is 0 Å². The Hall–Kier alpha value is -1.35. The van der Waals surface area contributed by atoms with Crippen molar-refractivity contribution in [2.45, 2.75) is 46.2 Å². The minimum atomic E-state index is -0.144. The number of amides is 1. The summed E-state index contributed by atoms with van der Waals surface area (Å²) in [5, 5.41) is 3.27. The Labute approximate surface area is 117 Å². The topological polar surface area (TPSA) is 32.3 Å². The Bertz CT molecular complexity index is 398. The zero-order valence-corrected chi connectivity index (χ0v) is 12.7. The second-order valence-corrected chi connectivity index (χ2v) is 5.35. The standard InChI is InChI=1S/C16H26N2O/c1-6-18(5)16(19)13(4)17-11-14-7-9-15(10-8-14)12(2)3/h7-10,12-13,17H,6,11H2,1-5H3. The fourth-order valence-corrected chi connectivity index (χ4v) is 1.87. The van der Waals surface area contributed by atoms with Gasteiger partial charge in [-0.25, -0.2) is 0 Å². The number of benzene rings is 1. The molecule has 0 spiro atoms. The molecular formula is C16H26N2O. The molecule has 0 aliphatic rings. The van der Waals surface area contributed by atoms with Crippen LogP contribution in [-0.4, -0.2) is 30.4 Å². The number of nitrogens with one attached hydrogen (secondary N) is 1. The van der Waals surface area contributed by atoms with E-state index in [0.29, 0.717) is 5.92 Å². The van der Waals surface area contributed by atoms with Crippen molar-refractivity contribution in [1.29, 1.82) is 0 Å². The Morgan fingerprint density at radius 3 is 2.26 bits per heavy atom. The summed E-state index contributed by atoms with van der Waals surface area (Å²) in [6.07, 6.45) is 0. The van der Waals surface area contributed by atoms with Crippen molar-refractivity contribution in [3.8, 4) is 0 Å². The molecule has 1 N–H and O–H groups in total. The average Bonchev–Trinajstić information content (AvgIpc) is 2.43. The molecule has 1 unspecified atom stereocenters. The average molecular weight is 262 g/mol. The Morgan fingerprint density at radius 2 is 1.79 bits per heavy atom. The monoisotopic (exact) mass is 262 g/mol. The summed E-state index contributed by atoms with van der Waals surface area (Å²) < 4.78 is 0. The van der Waals surface area contributed by atoms with Crippen molar-refractivity contribution in [2.24, 2.45) is 0 Å². The van der Waals surface area contributed by atoms with E-state index in [2.05, 4.69) is 43.4 Å². The minimum Gasteiger partial charge on any atom is -0.345 e. The van der Waals surface area contributed by atoms with E-state index >= 15 is 0 Å². The van der Waals surface area contributed by atoms with Crippen LogP contribution < -0.4 is 5.32 Å². The number of hydrogen-bond acceptors (Lipinski definition) is 2. The third-order valence-corrected chi connectivity index (χ3v) is 3.48. The molecule has 0 saturated heterocycles. The zero-order chi connectivity index (χ0) is 14.4. The van der Waals surface area contributed by atoms with Gasteiger partial charge in [0.25, 0.3) is 0 Å². The van der Waals surface area contributed by atoms with Crippen LogP contribution in [0.25, 0.3) is 0 Å². The molecule has 0 aliphatic heterocycles. The molecule has 3 nitrogen and oxygen atoms in total. The number of nitrogens with zero attached hydrogens (tertiary/aromatic N) is 1. The van der Waals surface area contributed by atoms with Gasteiger partial charge in [-0.1, -0.05) is 38.1 Å². The van der Waals surface area contributed by atoms with E-state index in [1.54, 1.807) is 4.90 Å². The lowest BCUT2D eigenvalue weighted by Gasteiger charge is -2.20. The zero-order valence-electron chi connectivity index (χ0n) is 12.7. The first-order chi connectivity index (χ1) is 8.95. The van der Waals surface area contributed by atoms with Crippen LogP contribution in [0.1, 0.15) is 44.7 Å². The first-order valence-electron chi connectivity index (χ1n) is 7.02. The van der Waals surface area contributed by atoms with E-state index in [4.69, 9.17) is 0 Å². The van der Waals surface area contributed by atoms with Crippen molar-refractivity contribution in [1.82, 2.24) is 10.2 Å². The van der Waals surface area contributed by atoms with Crippen molar-refractivity contribution >= 4 is 5.91 Å². The first kappa shape index (κ1) is 15.7. The predicted octanol–water partition coefficient (Wildman–Crippen LogP) is 2.77. The third-order valence-electron chi connectivity index (χ3n) is 3.48. The summed E-state index contributed by atoms with van der Waals surface area (Å²) in [5.74, 6) is 0.696. The lowest BCUT2D eigenvalue weighted by atomic mass is 10.0. The van der Waals surface area contributed by atoms with Crippen LogP contribution in [0.15, 0.2) is 24.3 Å². The van der Waals surface area contributed by atoms with Gasteiger partial charge in [0, 0.05) is 20.1 Å². The summed E-state index contributed by atoms with van der Waals surface area (Å²) in [4.78, 5) is 13.6. The van der Waals surface area contributed by atoms with Gasteiger partial charge in [-0.3, -0.25) is 4.79 Å². The smallest absolute Gasteiger partial charge is 0.239 e. The second-order valence-electron chi connectivity index (χ2n) is 5.35. The molecule has 0 heterocycles. The van der Waals surface area contributed by atoms with Gasteiger partial charge < -0.3 is 10.2 Å². The van der Waals surface area contributed by atoms with E-state index < -0.39 is 0 Å². The van der Waals surface area contributed by atoms with Crippen LogP contribution in [0.4, 0.5) is 0 Å². The van der Waals surface area contributed by atoms with E-state index in [1.807, 2.05) is 20.9 Å². The Kier molecular flexibility index (Phi) is 6.03. The van der Waals surface area contributed by atoms with Crippen LogP contribution in [-0.2, 0) is 11.3 Å². The van der Waals surface area contributed by atoms with E-state index in [9.17, 15) is 4.79 Å². The van der Waals surface area contributed by atoms with Crippen LogP contribution in [0.5, 0.6) is 0 Å². The lowest BCUT2D eigenvalue weighted by molar-refractivity contribution is -0.131. The van der Waals surface area contributed by atoms with Crippen molar-refractivity contribution in [2.75, 3.05) is 13.6 Å². The van der Waals surface area contributed by atoms with Crippen LogP contribution in [0.2, 0.25) is 0 Å². The molecule has 1 atom stereocenters. The second kappa shape index (κ2) is 7.29. The SMILES string of the molecule is CCN(C)C(=O)C(C)NCc1ccc(C(C)C)cc1. The predicted molar refractivity (Wildman–Crippen MR) is 80.1 cm³/mol. The van der Waals surface area contributed by atoms with Gasteiger partial charge in [0.05, 0.1) is 6.04 Å². The maximum absolute atomic E-state index is 11.9. The number of carbonyl (C=O) groups is 1. The molecule has 3 heteroatoms. The largest absolute Gasteiger partial charge is 0.345 e. The summed E-state index contributed by atoms with van der Waals surface area (Å²) in [7, 11) is 1.83. The van der Waals surface area contributed by atoms with Gasteiger partial charge in [-0.05, 0) is 30.9 Å². The highest BCUT2D eigenvalue weighted by Crippen LogP contribution is 2.14. The summed E-state index contributed by atoms with van der Waals surface area (Å²) >= 11 is 0. The molecule has 19 heavy (non-hydrogen) atoms. The maximum Gasteiger partial charge on any atom is 0.239 e. The maximum atomic E-state index is 11.9. The Balaban J connectivity index is 2.50. The fraction of sp³-hybridized carbons (Fsp3) is 0.562. The molecule has 1 aromatic carbocycles. The lowest BCUT2D eigenvalue weighted by Crippen LogP contribution is -2.42.